The number of carbonyl (C=O) groups excluding carboxylic acids is 3. The summed E-state index contributed by atoms with van der Waals surface area (Å²) in [7, 11) is 1.74. The zero-order valence-corrected chi connectivity index (χ0v) is 15.3. The van der Waals surface area contributed by atoms with E-state index in [4.69, 9.17) is 0 Å². The molecule has 3 atom stereocenters. The van der Waals surface area contributed by atoms with Crippen molar-refractivity contribution in [1.29, 1.82) is 0 Å². The van der Waals surface area contributed by atoms with Gasteiger partial charge >= 0.3 is 0 Å². The molecule has 3 amide bonds. The number of nitrogens with zero attached hydrogens (tertiary/aromatic N) is 3. The Morgan fingerprint density at radius 2 is 2.04 bits per heavy atom. The monoisotopic (exact) mass is 347 g/mol. The van der Waals surface area contributed by atoms with E-state index in [0.717, 1.165) is 5.69 Å². The fourth-order valence-corrected chi connectivity index (χ4v) is 3.36. The number of rotatable bonds is 2. The molecule has 1 aromatic rings. The number of fused-ring (bicyclic) bond motifs is 1. The zero-order valence-electron chi connectivity index (χ0n) is 15.3. The molecule has 0 unspecified atom stereocenters. The Bertz CT molecular complexity index is 733. The number of aryl methyl sites for hydroxylation is 1. The summed E-state index contributed by atoms with van der Waals surface area (Å²) in [5.41, 5.74) is 1.16. The molecule has 3 rings (SSSR count). The van der Waals surface area contributed by atoms with Crippen molar-refractivity contribution in [2.24, 2.45) is 7.05 Å². The number of carbonyl (C=O) groups is 3. The number of hydrogen-bond donors (Lipinski definition) is 2. The minimum absolute atomic E-state index is 0.100. The van der Waals surface area contributed by atoms with Gasteiger partial charge in [0.1, 0.15) is 17.8 Å². The van der Waals surface area contributed by atoms with Gasteiger partial charge in [-0.15, -0.1) is 0 Å². The van der Waals surface area contributed by atoms with E-state index in [9.17, 15) is 14.4 Å². The molecule has 25 heavy (non-hydrogen) atoms. The van der Waals surface area contributed by atoms with E-state index in [1.165, 1.54) is 0 Å². The van der Waals surface area contributed by atoms with Crippen LogP contribution in [0.1, 0.15) is 50.3 Å². The largest absolute Gasteiger partial charge is 0.346 e. The van der Waals surface area contributed by atoms with Gasteiger partial charge in [0.25, 0.3) is 5.91 Å². The van der Waals surface area contributed by atoms with Gasteiger partial charge in [0, 0.05) is 25.0 Å². The summed E-state index contributed by atoms with van der Waals surface area (Å²) in [4.78, 5) is 38.5. The third-order valence-electron chi connectivity index (χ3n) is 4.83. The van der Waals surface area contributed by atoms with Crippen molar-refractivity contribution in [3.8, 4) is 0 Å². The van der Waals surface area contributed by atoms with Crippen molar-refractivity contribution in [3.63, 3.8) is 0 Å². The Morgan fingerprint density at radius 3 is 2.64 bits per heavy atom. The first-order valence-electron chi connectivity index (χ1n) is 8.54. The molecule has 0 saturated carbocycles. The van der Waals surface area contributed by atoms with E-state index < -0.39 is 12.1 Å². The summed E-state index contributed by atoms with van der Waals surface area (Å²) < 4.78 is 1.57. The van der Waals surface area contributed by atoms with E-state index in [2.05, 4.69) is 15.7 Å². The van der Waals surface area contributed by atoms with Crippen LogP contribution in [0.5, 0.6) is 0 Å². The van der Waals surface area contributed by atoms with Crippen LogP contribution in [0.3, 0.4) is 0 Å². The minimum atomic E-state index is -0.510. The first-order chi connectivity index (χ1) is 11.6. The molecular weight excluding hydrogens is 322 g/mol. The van der Waals surface area contributed by atoms with Crippen LogP contribution in [0.2, 0.25) is 0 Å². The highest BCUT2D eigenvalue weighted by Crippen LogP contribution is 2.24. The van der Waals surface area contributed by atoms with E-state index in [0.29, 0.717) is 18.7 Å². The highest BCUT2D eigenvalue weighted by Gasteiger charge is 2.45. The van der Waals surface area contributed by atoms with Crippen LogP contribution in [0, 0.1) is 0 Å². The van der Waals surface area contributed by atoms with Gasteiger partial charge in [-0.3, -0.25) is 19.1 Å². The lowest BCUT2D eigenvalue weighted by atomic mass is 9.92. The van der Waals surface area contributed by atoms with Gasteiger partial charge in [-0.2, -0.15) is 5.10 Å². The average molecular weight is 347 g/mol. The predicted molar refractivity (Wildman–Crippen MR) is 90.9 cm³/mol. The summed E-state index contributed by atoms with van der Waals surface area (Å²) in [6.07, 6.45) is 0.431. The van der Waals surface area contributed by atoms with Crippen molar-refractivity contribution in [2.75, 3.05) is 6.54 Å². The molecule has 2 fully saturated rings. The third-order valence-corrected chi connectivity index (χ3v) is 4.83. The quantitative estimate of drug-likeness (QED) is 0.783. The Kier molecular flexibility index (Phi) is 4.09. The average Bonchev–Trinajstić information content (AvgIpc) is 3.08. The van der Waals surface area contributed by atoms with Crippen LogP contribution in [-0.2, 0) is 22.1 Å². The standard InChI is InChI=1S/C17H25N5O3/c1-9-16(25)22-8-10(6-12(22)15(24)18-9)19-14(23)11-7-13(17(2,3)4)20-21(11)5/h7,9-10,12H,6,8H2,1-5H3,(H,18,24)(H,19,23)/t9-,10+,12+/m1/s1. The highest BCUT2D eigenvalue weighted by atomic mass is 16.2. The minimum Gasteiger partial charge on any atom is -0.346 e. The van der Waals surface area contributed by atoms with Gasteiger partial charge in [-0.25, -0.2) is 0 Å². The molecule has 136 valence electrons. The van der Waals surface area contributed by atoms with Gasteiger partial charge in [0.05, 0.1) is 5.69 Å². The molecule has 3 heterocycles. The lowest BCUT2D eigenvalue weighted by molar-refractivity contribution is -0.146. The number of piperazine rings is 1. The Morgan fingerprint density at radius 1 is 1.36 bits per heavy atom. The van der Waals surface area contributed by atoms with Gasteiger partial charge in [0.2, 0.25) is 11.8 Å². The van der Waals surface area contributed by atoms with Crippen molar-refractivity contribution >= 4 is 17.7 Å². The van der Waals surface area contributed by atoms with Crippen molar-refractivity contribution < 1.29 is 14.4 Å². The molecular formula is C17H25N5O3. The summed E-state index contributed by atoms with van der Waals surface area (Å²) in [5, 5.41) is 10.0. The molecule has 1 aromatic heterocycles. The van der Waals surface area contributed by atoms with E-state index in [1.54, 1.807) is 29.6 Å². The molecule has 0 spiro atoms. The van der Waals surface area contributed by atoms with Crippen LogP contribution < -0.4 is 10.6 Å². The third kappa shape index (κ3) is 3.12. The maximum absolute atomic E-state index is 12.6. The number of nitrogens with one attached hydrogen (secondary N) is 2. The van der Waals surface area contributed by atoms with Crippen LogP contribution in [0.15, 0.2) is 6.07 Å². The van der Waals surface area contributed by atoms with Crippen LogP contribution in [0.25, 0.3) is 0 Å². The molecule has 2 saturated heterocycles. The Balaban J connectivity index is 1.72. The van der Waals surface area contributed by atoms with Gasteiger partial charge in [-0.05, 0) is 19.4 Å². The molecule has 2 N–H and O–H groups in total. The normalized spacial score (nSPS) is 26.4. The SMILES string of the molecule is C[C@H]1NC(=O)[C@@H]2C[C@H](NC(=O)c3cc(C(C)(C)C)nn3C)CN2C1=O. The molecule has 0 aliphatic carbocycles. The van der Waals surface area contributed by atoms with Gasteiger partial charge in [0.15, 0.2) is 0 Å². The summed E-state index contributed by atoms with van der Waals surface area (Å²) in [6, 6.07) is 0.540. The number of amides is 3. The van der Waals surface area contributed by atoms with E-state index >= 15 is 0 Å². The number of hydrogen-bond acceptors (Lipinski definition) is 4. The summed E-state index contributed by atoms with van der Waals surface area (Å²) in [5.74, 6) is -0.493. The molecule has 0 aromatic carbocycles. The zero-order chi connectivity index (χ0) is 18.5. The lowest BCUT2D eigenvalue weighted by Gasteiger charge is -2.32. The van der Waals surface area contributed by atoms with Crippen molar-refractivity contribution in [2.45, 2.75) is 57.7 Å². The Labute approximate surface area is 146 Å². The summed E-state index contributed by atoms with van der Waals surface area (Å²) >= 11 is 0. The van der Waals surface area contributed by atoms with Gasteiger partial charge in [-0.1, -0.05) is 20.8 Å². The topological polar surface area (TPSA) is 96.3 Å². The summed E-state index contributed by atoms with van der Waals surface area (Å²) in [6.45, 7) is 8.15. The van der Waals surface area contributed by atoms with E-state index in [-0.39, 0.29) is 29.2 Å². The lowest BCUT2D eigenvalue weighted by Crippen LogP contribution is -2.60. The second-order valence-corrected chi connectivity index (χ2v) is 7.93. The highest BCUT2D eigenvalue weighted by molar-refractivity contribution is 5.98. The molecule has 2 aliphatic rings. The Hall–Kier alpha value is -2.38. The fourth-order valence-electron chi connectivity index (χ4n) is 3.36. The first kappa shape index (κ1) is 17.4. The molecule has 8 heteroatoms. The van der Waals surface area contributed by atoms with Crippen molar-refractivity contribution in [1.82, 2.24) is 25.3 Å². The second kappa shape index (κ2) is 5.86. The van der Waals surface area contributed by atoms with Crippen LogP contribution in [-0.4, -0.2) is 57.1 Å². The van der Waals surface area contributed by atoms with Crippen LogP contribution in [0.4, 0.5) is 0 Å². The maximum atomic E-state index is 12.6. The molecule has 8 nitrogen and oxygen atoms in total. The molecule has 0 bridgehead atoms. The number of aromatic nitrogens is 2. The maximum Gasteiger partial charge on any atom is 0.269 e. The first-order valence-corrected chi connectivity index (χ1v) is 8.54. The smallest absolute Gasteiger partial charge is 0.269 e. The molecule has 0 radical (unpaired) electrons. The van der Waals surface area contributed by atoms with Gasteiger partial charge < -0.3 is 15.5 Å². The van der Waals surface area contributed by atoms with E-state index in [1.807, 2.05) is 20.8 Å². The fraction of sp³-hybridized carbons (Fsp3) is 0.647. The van der Waals surface area contributed by atoms with Crippen LogP contribution >= 0.6 is 0 Å². The van der Waals surface area contributed by atoms with Crippen molar-refractivity contribution in [3.05, 3.63) is 17.5 Å². The second-order valence-electron chi connectivity index (χ2n) is 7.93. The predicted octanol–water partition coefficient (Wildman–Crippen LogP) is -0.0648. The molecule has 2 aliphatic heterocycles.